The number of nitro groups is 1. The van der Waals surface area contributed by atoms with E-state index in [4.69, 9.17) is 4.42 Å². The molecule has 1 aliphatic carbocycles. The van der Waals surface area contributed by atoms with Crippen molar-refractivity contribution in [1.29, 1.82) is 0 Å². The maximum absolute atomic E-state index is 12.3. The van der Waals surface area contributed by atoms with Crippen LogP contribution in [0.15, 0.2) is 45.6 Å². The van der Waals surface area contributed by atoms with Gasteiger partial charge in [-0.15, -0.1) is 0 Å². The number of nitrogens with zero attached hydrogens (tertiary/aromatic N) is 2. The Bertz CT molecular complexity index is 1100. The van der Waals surface area contributed by atoms with Crippen molar-refractivity contribution in [2.75, 3.05) is 5.32 Å². The van der Waals surface area contributed by atoms with Gasteiger partial charge in [-0.05, 0) is 48.6 Å². The van der Waals surface area contributed by atoms with Crippen molar-refractivity contribution in [2.45, 2.75) is 25.8 Å². The third kappa shape index (κ3) is 2.85. The van der Waals surface area contributed by atoms with Crippen LogP contribution in [-0.4, -0.2) is 15.4 Å². The van der Waals surface area contributed by atoms with E-state index in [0.29, 0.717) is 11.2 Å². The van der Waals surface area contributed by atoms with Crippen LogP contribution in [0.1, 0.15) is 17.5 Å². The summed E-state index contributed by atoms with van der Waals surface area (Å²) in [6.45, 7) is -0.235. The van der Waals surface area contributed by atoms with E-state index >= 15 is 0 Å². The average molecular weight is 353 g/mol. The van der Waals surface area contributed by atoms with Gasteiger partial charge in [0.2, 0.25) is 5.91 Å². The van der Waals surface area contributed by atoms with E-state index < -0.39 is 10.7 Å². The Hall–Kier alpha value is -3.42. The fraction of sp³-hybridized carbons (Fsp3) is 0.222. The molecule has 0 saturated heterocycles. The van der Waals surface area contributed by atoms with Crippen LogP contribution in [0, 0.1) is 10.1 Å². The minimum Gasteiger partial charge on any atom is -0.407 e. The highest BCUT2D eigenvalue weighted by molar-refractivity contribution is 5.91. The third-order valence-corrected chi connectivity index (χ3v) is 4.55. The minimum atomic E-state index is -0.732. The average Bonchev–Trinajstić information content (AvgIpc) is 3.18. The number of carbonyl (C=O) groups is 1. The van der Waals surface area contributed by atoms with Gasteiger partial charge < -0.3 is 9.73 Å². The van der Waals surface area contributed by atoms with Gasteiger partial charge in [0.25, 0.3) is 5.69 Å². The van der Waals surface area contributed by atoms with Crippen molar-refractivity contribution in [2.24, 2.45) is 0 Å². The summed E-state index contributed by atoms with van der Waals surface area (Å²) in [6, 6.07) is 9.66. The molecule has 0 unspecified atom stereocenters. The summed E-state index contributed by atoms with van der Waals surface area (Å²) in [4.78, 5) is 34.6. The molecule has 1 amide bonds. The lowest BCUT2D eigenvalue weighted by atomic mass is 10.1. The van der Waals surface area contributed by atoms with Gasteiger partial charge >= 0.3 is 5.76 Å². The predicted molar refractivity (Wildman–Crippen MR) is 94.2 cm³/mol. The van der Waals surface area contributed by atoms with Crippen LogP contribution < -0.4 is 11.1 Å². The highest BCUT2D eigenvalue weighted by Crippen LogP contribution is 2.25. The van der Waals surface area contributed by atoms with Crippen LogP contribution in [0.3, 0.4) is 0 Å². The molecule has 3 aromatic rings. The van der Waals surface area contributed by atoms with Crippen LogP contribution in [0.25, 0.3) is 11.1 Å². The first-order chi connectivity index (χ1) is 12.5. The Labute approximate surface area is 147 Å². The summed E-state index contributed by atoms with van der Waals surface area (Å²) in [5, 5.41) is 13.6. The van der Waals surface area contributed by atoms with Crippen molar-refractivity contribution >= 4 is 28.4 Å². The summed E-state index contributed by atoms with van der Waals surface area (Å²) in [6.07, 6.45) is 3.19. The SMILES string of the molecule is O=C(Cn1c(=O)oc2cc([N+](=O)[O-])ccc21)Nc1ccc2c(c1)CCC2. The molecule has 26 heavy (non-hydrogen) atoms. The molecule has 0 atom stereocenters. The number of fused-ring (bicyclic) bond motifs is 2. The smallest absolute Gasteiger partial charge is 0.407 e. The van der Waals surface area contributed by atoms with E-state index in [9.17, 15) is 19.7 Å². The number of carbonyl (C=O) groups excluding carboxylic acids is 1. The Balaban J connectivity index is 1.57. The van der Waals surface area contributed by atoms with Gasteiger partial charge in [-0.25, -0.2) is 4.79 Å². The number of amides is 1. The number of benzene rings is 2. The molecule has 0 aliphatic heterocycles. The molecule has 0 radical (unpaired) electrons. The molecule has 1 heterocycles. The van der Waals surface area contributed by atoms with Gasteiger partial charge in [0.1, 0.15) is 6.54 Å². The molecule has 1 aromatic heterocycles. The minimum absolute atomic E-state index is 0.0783. The van der Waals surface area contributed by atoms with Gasteiger partial charge in [0.05, 0.1) is 16.5 Å². The highest BCUT2D eigenvalue weighted by atomic mass is 16.6. The van der Waals surface area contributed by atoms with Gasteiger partial charge in [0, 0.05) is 11.8 Å². The van der Waals surface area contributed by atoms with E-state index in [1.54, 1.807) is 0 Å². The van der Waals surface area contributed by atoms with E-state index in [1.165, 1.54) is 29.3 Å². The van der Waals surface area contributed by atoms with Crippen molar-refractivity contribution in [1.82, 2.24) is 4.57 Å². The van der Waals surface area contributed by atoms with Gasteiger partial charge in [-0.3, -0.25) is 19.5 Å². The lowest BCUT2D eigenvalue weighted by Crippen LogP contribution is -2.24. The molecule has 132 valence electrons. The molecule has 0 fully saturated rings. The largest absolute Gasteiger partial charge is 0.420 e. The van der Waals surface area contributed by atoms with Crippen LogP contribution in [0.4, 0.5) is 11.4 Å². The van der Waals surface area contributed by atoms with Gasteiger partial charge in [-0.2, -0.15) is 0 Å². The monoisotopic (exact) mass is 353 g/mol. The quantitative estimate of drug-likeness (QED) is 0.573. The molecule has 4 rings (SSSR count). The number of hydrogen-bond donors (Lipinski definition) is 1. The van der Waals surface area contributed by atoms with E-state index in [2.05, 4.69) is 5.32 Å². The first kappa shape index (κ1) is 16.1. The topological polar surface area (TPSA) is 107 Å². The fourth-order valence-electron chi connectivity index (χ4n) is 3.31. The lowest BCUT2D eigenvalue weighted by Gasteiger charge is -2.08. The third-order valence-electron chi connectivity index (χ3n) is 4.55. The number of rotatable bonds is 4. The highest BCUT2D eigenvalue weighted by Gasteiger charge is 2.17. The number of aromatic nitrogens is 1. The number of nitro benzene ring substituents is 1. The Morgan fingerprint density at radius 1 is 1.19 bits per heavy atom. The van der Waals surface area contributed by atoms with Crippen molar-refractivity contribution in [3.8, 4) is 0 Å². The number of anilines is 1. The molecule has 1 N–H and O–H groups in total. The molecule has 8 heteroatoms. The lowest BCUT2D eigenvalue weighted by molar-refractivity contribution is -0.384. The second-order valence-electron chi connectivity index (χ2n) is 6.25. The van der Waals surface area contributed by atoms with Gasteiger partial charge in [0.15, 0.2) is 5.58 Å². The second kappa shape index (κ2) is 6.14. The van der Waals surface area contributed by atoms with Crippen molar-refractivity contribution < 1.29 is 14.1 Å². The first-order valence-corrected chi connectivity index (χ1v) is 8.21. The van der Waals surface area contributed by atoms with Crippen LogP contribution >= 0.6 is 0 Å². The molecule has 0 spiro atoms. The summed E-state index contributed by atoms with van der Waals surface area (Å²) in [5.74, 6) is -1.10. The number of hydrogen-bond acceptors (Lipinski definition) is 5. The Kier molecular flexibility index (Phi) is 3.80. The fourth-order valence-corrected chi connectivity index (χ4v) is 3.31. The Morgan fingerprint density at radius 3 is 2.81 bits per heavy atom. The summed E-state index contributed by atoms with van der Waals surface area (Å²) in [7, 11) is 0. The molecule has 8 nitrogen and oxygen atoms in total. The second-order valence-corrected chi connectivity index (χ2v) is 6.25. The maximum Gasteiger partial charge on any atom is 0.420 e. The number of non-ortho nitro benzene ring substituents is 1. The Morgan fingerprint density at radius 2 is 2.00 bits per heavy atom. The van der Waals surface area contributed by atoms with Crippen LogP contribution in [-0.2, 0) is 24.2 Å². The zero-order valence-corrected chi connectivity index (χ0v) is 13.7. The summed E-state index contributed by atoms with van der Waals surface area (Å²) in [5.41, 5.74) is 3.47. The first-order valence-electron chi connectivity index (χ1n) is 8.21. The molecule has 1 aliphatic rings. The predicted octanol–water partition coefficient (Wildman–Crippen LogP) is 2.63. The molecule has 0 saturated carbocycles. The van der Waals surface area contributed by atoms with Crippen LogP contribution in [0.5, 0.6) is 0 Å². The van der Waals surface area contributed by atoms with E-state index in [0.717, 1.165) is 23.8 Å². The van der Waals surface area contributed by atoms with Crippen molar-refractivity contribution in [3.05, 3.63) is 68.2 Å². The zero-order valence-electron chi connectivity index (χ0n) is 13.7. The van der Waals surface area contributed by atoms with Crippen molar-refractivity contribution in [3.63, 3.8) is 0 Å². The van der Waals surface area contributed by atoms with Gasteiger partial charge in [-0.1, -0.05) is 6.07 Å². The summed E-state index contributed by atoms with van der Waals surface area (Å²) < 4.78 is 6.18. The number of oxazole rings is 1. The molecular formula is C18H15N3O5. The molecule has 2 aromatic carbocycles. The van der Waals surface area contributed by atoms with E-state index in [-0.39, 0.29) is 23.7 Å². The standard InChI is InChI=1S/C18H15N3O5/c22-17(19-13-5-4-11-2-1-3-12(11)8-13)10-20-15-7-6-14(21(24)25)9-16(15)26-18(20)23/h4-9H,1-3,10H2,(H,19,22). The maximum atomic E-state index is 12.3. The normalized spacial score (nSPS) is 12.9. The summed E-state index contributed by atoms with van der Waals surface area (Å²) >= 11 is 0. The number of nitrogens with one attached hydrogen (secondary N) is 1. The molecule has 0 bridgehead atoms. The number of aryl methyl sites for hydroxylation is 2. The zero-order chi connectivity index (χ0) is 18.3. The van der Waals surface area contributed by atoms with Crippen LogP contribution in [0.2, 0.25) is 0 Å². The molecular weight excluding hydrogens is 338 g/mol. The van der Waals surface area contributed by atoms with E-state index in [1.807, 2.05) is 18.2 Å².